The predicted molar refractivity (Wildman–Crippen MR) is 38.6 cm³/mol. The summed E-state index contributed by atoms with van der Waals surface area (Å²) in [5.74, 6) is 0. The molecular formula is C6H13N3O. The molecule has 0 aromatic rings. The van der Waals surface area contributed by atoms with E-state index >= 15 is 0 Å². The summed E-state index contributed by atoms with van der Waals surface area (Å²) in [5.41, 5.74) is 4.89. The summed E-state index contributed by atoms with van der Waals surface area (Å²) in [5, 5.41) is 5.81. The summed E-state index contributed by atoms with van der Waals surface area (Å²) in [7, 11) is 0. The van der Waals surface area contributed by atoms with Crippen LogP contribution in [0.4, 0.5) is 4.79 Å². The van der Waals surface area contributed by atoms with E-state index in [0.29, 0.717) is 12.6 Å². The monoisotopic (exact) mass is 143 g/mol. The Morgan fingerprint density at radius 3 is 3.10 bits per heavy atom. The van der Waals surface area contributed by atoms with Gasteiger partial charge in [-0.15, -0.1) is 0 Å². The summed E-state index contributed by atoms with van der Waals surface area (Å²) < 4.78 is 0. The lowest BCUT2D eigenvalue weighted by atomic mass is 10.2. The Balaban J connectivity index is 2.07. The average Bonchev–Trinajstić information content (AvgIpc) is 2.34. The van der Waals surface area contributed by atoms with Gasteiger partial charge in [0.1, 0.15) is 0 Å². The molecule has 0 bridgehead atoms. The number of nitrogens with two attached hydrogens (primary N) is 1. The number of rotatable bonds is 2. The van der Waals surface area contributed by atoms with Crippen molar-refractivity contribution in [3.05, 3.63) is 0 Å². The zero-order chi connectivity index (χ0) is 7.40. The summed E-state index contributed by atoms with van der Waals surface area (Å²) in [6, 6.07) is 0.00111. The molecule has 1 unspecified atom stereocenters. The number of urea groups is 1. The maximum Gasteiger partial charge on any atom is 0.312 e. The fourth-order valence-electron chi connectivity index (χ4n) is 1.15. The third-order valence-corrected chi connectivity index (χ3v) is 1.69. The minimum atomic E-state index is -0.436. The summed E-state index contributed by atoms with van der Waals surface area (Å²) in [6.45, 7) is 1.72. The fourth-order valence-corrected chi connectivity index (χ4v) is 1.15. The first-order valence-corrected chi connectivity index (χ1v) is 3.56. The molecule has 10 heavy (non-hydrogen) atoms. The van der Waals surface area contributed by atoms with Crippen molar-refractivity contribution in [2.45, 2.75) is 18.9 Å². The molecule has 4 nitrogen and oxygen atoms in total. The van der Waals surface area contributed by atoms with Crippen LogP contribution >= 0.6 is 0 Å². The molecule has 1 aliphatic heterocycles. The van der Waals surface area contributed by atoms with E-state index in [2.05, 4.69) is 10.6 Å². The van der Waals surface area contributed by atoms with Gasteiger partial charge >= 0.3 is 6.03 Å². The van der Waals surface area contributed by atoms with E-state index in [1.807, 2.05) is 0 Å². The van der Waals surface area contributed by atoms with Crippen molar-refractivity contribution in [2.24, 2.45) is 5.73 Å². The molecule has 58 valence electrons. The molecule has 4 heteroatoms. The molecule has 1 atom stereocenters. The zero-order valence-corrected chi connectivity index (χ0v) is 5.89. The molecular weight excluding hydrogens is 130 g/mol. The molecule has 1 heterocycles. The number of nitrogens with one attached hydrogen (secondary N) is 2. The first kappa shape index (κ1) is 7.34. The standard InChI is InChI=1S/C6H13N3O/c7-6(10)9-4-5-2-1-3-8-5/h5,8H,1-4H2,(H3,7,9,10). The van der Waals surface area contributed by atoms with E-state index in [1.165, 1.54) is 6.42 Å². The molecule has 2 amide bonds. The molecule has 0 aliphatic carbocycles. The molecule has 1 rings (SSSR count). The Bertz CT molecular complexity index is 120. The van der Waals surface area contributed by atoms with Gasteiger partial charge in [0.2, 0.25) is 0 Å². The number of carbonyl (C=O) groups excluding carboxylic acids is 1. The number of amides is 2. The van der Waals surface area contributed by atoms with Crippen LogP contribution in [0.25, 0.3) is 0 Å². The maximum absolute atomic E-state index is 10.2. The Morgan fingerprint density at radius 1 is 1.80 bits per heavy atom. The van der Waals surface area contributed by atoms with Crippen LogP contribution in [0.2, 0.25) is 0 Å². The van der Waals surface area contributed by atoms with Crippen molar-refractivity contribution in [1.29, 1.82) is 0 Å². The van der Waals surface area contributed by atoms with Crippen molar-refractivity contribution >= 4 is 6.03 Å². The number of carbonyl (C=O) groups is 1. The third kappa shape index (κ3) is 2.23. The Kier molecular flexibility index (Phi) is 2.50. The first-order chi connectivity index (χ1) is 4.79. The Morgan fingerprint density at radius 2 is 2.60 bits per heavy atom. The molecule has 0 spiro atoms. The van der Waals surface area contributed by atoms with Gasteiger partial charge in [0.25, 0.3) is 0 Å². The summed E-state index contributed by atoms with van der Waals surface area (Å²) >= 11 is 0. The molecule has 0 aromatic carbocycles. The quantitative estimate of drug-likeness (QED) is 0.483. The lowest BCUT2D eigenvalue weighted by molar-refractivity contribution is 0.248. The number of hydrogen-bond acceptors (Lipinski definition) is 2. The van der Waals surface area contributed by atoms with Gasteiger partial charge in [0, 0.05) is 12.6 Å². The van der Waals surface area contributed by atoms with E-state index < -0.39 is 6.03 Å². The van der Waals surface area contributed by atoms with Gasteiger partial charge < -0.3 is 16.4 Å². The van der Waals surface area contributed by atoms with E-state index in [1.54, 1.807) is 0 Å². The largest absolute Gasteiger partial charge is 0.352 e. The van der Waals surface area contributed by atoms with Crippen LogP contribution in [0.5, 0.6) is 0 Å². The van der Waals surface area contributed by atoms with E-state index in [4.69, 9.17) is 5.73 Å². The molecule has 1 aliphatic rings. The van der Waals surface area contributed by atoms with Crippen LogP contribution in [0.15, 0.2) is 0 Å². The molecule has 0 aromatic heterocycles. The topological polar surface area (TPSA) is 67.2 Å². The van der Waals surface area contributed by atoms with Crippen molar-refractivity contribution in [3.8, 4) is 0 Å². The second kappa shape index (κ2) is 3.41. The summed E-state index contributed by atoms with van der Waals surface area (Å²) in [4.78, 5) is 10.2. The van der Waals surface area contributed by atoms with Gasteiger partial charge in [-0.1, -0.05) is 0 Å². The van der Waals surface area contributed by atoms with Gasteiger partial charge in [-0.2, -0.15) is 0 Å². The molecule has 1 saturated heterocycles. The Labute approximate surface area is 60.2 Å². The van der Waals surface area contributed by atoms with Crippen LogP contribution in [-0.2, 0) is 0 Å². The van der Waals surface area contributed by atoms with Crippen LogP contribution in [-0.4, -0.2) is 25.2 Å². The second-order valence-electron chi connectivity index (χ2n) is 2.54. The SMILES string of the molecule is NC(=O)NCC1CCCN1. The van der Waals surface area contributed by atoms with Gasteiger partial charge in [-0.05, 0) is 19.4 Å². The van der Waals surface area contributed by atoms with Gasteiger partial charge in [-0.3, -0.25) is 0 Å². The van der Waals surface area contributed by atoms with E-state index in [-0.39, 0.29) is 0 Å². The fraction of sp³-hybridized carbons (Fsp3) is 0.833. The van der Waals surface area contributed by atoms with Crippen molar-refractivity contribution < 1.29 is 4.79 Å². The third-order valence-electron chi connectivity index (χ3n) is 1.69. The highest BCUT2D eigenvalue weighted by Crippen LogP contribution is 2.02. The van der Waals surface area contributed by atoms with Crippen LogP contribution in [0.1, 0.15) is 12.8 Å². The van der Waals surface area contributed by atoms with E-state index in [0.717, 1.165) is 13.0 Å². The molecule has 1 fully saturated rings. The number of hydrogen-bond donors (Lipinski definition) is 3. The minimum absolute atomic E-state index is 0.436. The van der Waals surface area contributed by atoms with E-state index in [9.17, 15) is 4.79 Å². The van der Waals surface area contributed by atoms with Crippen LogP contribution < -0.4 is 16.4 Å². The van der Waals surface area contributed by atoms with Crippen molar-refractivity contribution in [1.82, 2.24) is 10.6 Å². The van der Waals surface area contributed by atoms with Crippen LogP contribution in [0, 0.1) is 0 Å². The first-order valence-electron chi connectivity index (χ1n) is 3.56. The average molecular weight is 143 g/mol. The highest BCUT2D eigenvalue weighted by atomic mass is 16.2. The predicted octanol–water partition coefficient (Wildman–Crippen LogP) is -0.593. The van der Waals surface area contributed by atoms with Gasteiger partial charge in [0.15, 0.2) is 0 Å². The molecule has 0 saturated carbocycles. The van der Waals surface area contributed by atoms with Crippen molar-refractivity contribution in [2.75, 3.05) is 13.1 Å². The smallest absolute Gasteiger partial charge is 0.312 e. The molecule has 0 radical (unpaired) electrons. The molecule has 4 N–H and O–H groups in total. The number of primary amides is 1. The highest BCUT2D eigenvalue weighted by molar-refractivity contribution is 5.71. The lowest BCUT2D eigenvalue weighted by Gasteiger charge is -2.08. The normalized spacial score (nSPS) is 24.6. The Hall–Kier alpha value is -0.770. The summed E-state index contributed by atoms with van der Waals surface area (Å²) in [6.07, 6.45) is 2.34. The minimum Gasteiger partial charge on any atom is -0.352 e. The highest BCUT2D eigenvalue weighted by Gasteiger charge is 2.13. The zero-order valence-electron chi connectivity index (χ0n) is 5.89. The van der Waals surface area contributed by atoms with Crippen LogP contribution in [0.3, 0.4) is 0 Å². The van der Waals surface area contributed by atoms with Gasteiger partial charge in [-0.25, -0.2) is 4.79 Å². The maximum atomic E-state index is 10.2. The van der Waals surface area contributed by atoms with Crippen molar-refractivity contribution in [3.63, 3.8) is 0 Å². The van der Waals surface area contributed by atoms with Gasteiger partial charge in [0.05, 0.1) is 0 Å². The second-order valence-corrected chi connectivity index (χ2v) is 2.54. The lowest BCUT2D eigenvalue weighted by Crippen LogP contribution is -2.39.